The number of nitrogens with zero attached hydrogens (tertiary/aromatic N) is 15. The van der Waals surface area contributed by atoms with E-state index in [4.69, 9.17) is 22.8 Å². The minimum Gasteiger partial charge on any atom is -0.465 e. The lowest BCUT2D eigenvalue weighted by atomic mass is 10.1. The lowest BCUT2D eigenvalue weighted by molar-refractivity contribution is 0.0601. The van der Waals surface area contributed by atoms with Gasteiger partial charge < -0.3 is 21.3 Å². The smallest absolute Gasteiger partial charge is 0.343 e. The van der Waals surface area contributed by atoms with Gasteiger partial charge >= 0.3 is 5.97 Å². The van der Waals surface area contributed by atoms with E-state index in [1.165, 1.54) is 38.2 Å². The third-order valence-corrected chi connectivity index (χ3v) is 7.28. The van der Waals surface area contributed by atoms with Crippen LogP contribution in [-0.4, -0.2) is 74.7 Å². The number of aliphatic hydroxyl groups is 1. The topological polar surface area (TPSA) is 277 Å². The summed E-state index contributed by atoms with van der Waals surface area (Å²) in [6.07, 6.45) is 2.55. The average molecular weight is 666 g/mol. The Balaban J connectivity index is 1.63. The van der Waals surface area contributed by atoms with E-state index in [-0.39, 0.29) is 74.2 Å². The van der Waals surface area contributed by atoms with E-state index < -0.39 is 18.4 Å². The van der Waals surface area contributed by atoms with Crippen LogP contribution in [-0.2, 0) is 18.8 Å². The largest absolute Gasteiger partial charge is 0.465 e. The Morgan fingerprint density at radius 2 is 1.45 bits per heavy atom. The number of hydrogen-bond acceptors (Lipinski definition) is 16. The lowest BCUT2D eigenvalue weighted by Gasteiger charge is -2.14. The van der Waals surface area contributed by atoms with Crippen LogP contribution in [0.4, 0.5) is 40.3 Å². The Labute approximate surface area is 276 Å². The summed E-state index contributed by atoms with van der Waals surface area (Å²) in [6, 6.07) is 2.06. The zero-order valence-corrected chi connectivity index (χ0v) is 26.9. The minimum atomic E-state index is -0.746. The molecule has 0 radical (unpaired) electrons. The third-order valence-electron chi connectivity index (χ3n) is 7.28. The van der Waals surface area contributed by atoms with Crippen molar-refractivity contribution in [2.24, 2.45) is 34.6 Å². The molecule has 5 heterocycles. The van der Waals surface area contributed by atoms with Crippen molar-refractivity contribution < 1.29 is 19.4 Å². The Morgan fingerprint density at radius 3 is 1.94 bits per heavy atom. The highest BCUT2D eigenvalue weighted by Crippen LogP contribution is 2.38. The Hall–Kier alpha value is -7.13. The molecule has 21 nitrogen and oxygen atoms in total. The summed E-state index contributed by atoms with van der Waals surface area (Å²) in [5.41, 5.74) is 14.1. The van der Waals surface area contributed by atoms with Gasteiger partial charge in [0, 0.05) is 14.1 Å². The molecule has 5 rings (SSSR count). The molecule has 0 aromatic carbocycles. The number of nitriles is 1. The van der Waals surface area contributed by atoms with E-state index in [1.807, 2.05) is 0 Å². The molecule has 5 aromatic heterocycles. The van der Waals surface area contributed by atoms with Crippen LogP contribution >= 0.6 is 0 Å². The van der Waals surface area contributed by atoms with Gasteiger partial charge in [0.1, 0.15) is 18.2 Å². The van der Waals surface area contributed by atoms with Crippen molar-refractivity contribution in [3.05, 3.63) is 57.5 Å². The number of ketones is 1. The van der Waals surface area contributed by atoms with E-state index in [9.17, 15) is 20.0 Å². The Bertz CT molecular complexity index is 2150. The van der Waals surface area contributed by atoms with E-state index in [0.717, 1.165) is 0 Å². The lowest BCUT2D eigenvalue weighted by Crippen LogP contribution is -2.12. The van der Waals surface area contributed by atoms with Gasteiger partial charge in [0.05, 0.1) is 48.6 Å². The van der Waals surface area contributed by atoms with Gasteiger partial charge in [-0.05, 0) is 26.3 Å². The molecule has 248 valence electrons. The van der Waals surface area contributed by atoms with Crippen LogP contribution in [0.1, 0.15) is 43.2 Å². The molecule has 0 bridgehead atoms. The molecular weight excluding hydrogens is 638 g/mol. The first-order chi connectivity index (χ1) is 23.4. The average Bonchev–Trinajstić information content (AvgIpc) is 3.81. The molecule has 0 unspecified atom stereocenters. The number of Topliss-reactive ketones (excluding diaryl/α,β-unsaturated/α-hetero) is 1. The molecule has 0 saturated carbocycles. The molecule has 5 N–H and O–H groups in total. The van der Waals surface area contributed by atoms with Crippen molar-refractivity contribution in [1.29, 1.82) is 5.26 Å². The maximum absolute atomic E-state index is 12.2. The van der Waals surface area contributed by atoms with Crippen molar-refractivity contribution in [3.8, 4) is 17.7 Å². The van der Waals surface area contributed by atoms with Gasteiger partial charge in [0.2, 0.25) is 5.69 Å². The zero-order chi connectivity index (χ0) is 35.7. The summed E-state index contributed by atoms with van der Waals surface area (Å²) in [7, 11) is 4.33. The summed E-state index contributed by atoms with van der Waals surface area (Å²) in [5, 5.41) is 53.0. The molecule has 5 aromatic rings. The number of carbonyl (C=O) groups excluding carboxylic acids is 2. The summed E-state index contributed by atoms with van der Waals surface area (Å²) in [4.78, 5) is 32.5. The zero-order valence-electron chi connectivity index (χ0n) is 26.9. The second-order valence-corrected chi connectivity index (χ2v) is 10.3. The fourth-order valence-corrected chi connectivity index (χ4v) is 4.71. The van der Waals surface area contributed by atoms with Crippen LogP contribution in [0.25, 0.3) is 16.5 Å². The van der Waals surface area contributed by atoms with E-state index in [0.29, 0.717) is 11.4 Å². The van der Waals surface area contributed by atoms with Gasteiger partial charge in [-0.1, -0.05) is 0 Å². The molecule has 49 heavy (non-hydrogen) atoms. The molecular formula is C28H27N17O4. The first kappa shape index (κ1) is 33.2. The number of azo groups is 2. The number of ether oxygens (including phenoxy) is 1. The van der Waals surface area contributed by atoms with Crippen molar-refractivity contribution in [3.63, 3.8) is 0 Å². The molecule has 21 heteroatoms. The summed E-state index contributed by atoms with van der Waals surface area (Å²) in [6.45, 7) is 11.9. The molecule has 0 aliphatic heterocycles. The van der Waals surface area contributed by atoms with Crippen LogP contribution in [0, 0.1) is 38.7 Å². The van der Waals surface area contributed by atoms with Gasteiger partial charge in [-0.2, -0.15) is 30.3 Å². The van der Waals surface area contributed by atoms with Gasteiger partial charge in [0.25, 0.3) is 0 Å². The molecule has 0 amide bonds. The number of nitrogen functional groups attached to an aromatic ring is 2. The van der Waals surface area contributed by atoms with Gasteiger partial charge in [-0.3, -0.25) is 4.79 Å². The quantitative estimate of drug-likeness (QED) is 0.0885. The first-order valence-electron chi connectivity index (χ1n) is 14.0. The van der Waals surface area contributed by atoms with Crippen molar-refractivity contribution in [1.82, 2.24) is 44.1 Å². The van der Waals surface area contributed by atoms with Crippen molar-refractivity contribution in [2.75, 3.05) is 25.2 Å². The van der Waals surface area contributed by atoms with Crippen molar-refractivity contribution in [2.45, 2.75) is 20.8 Å². The minimum absolute atomic E-state index is 0.00769. The number of aliphatic hydroxyl groups excluding tert-OH is 1. The van der Waals surface area contributed by atoms with Gasteiger partial charge in [-0.15, -0.1) is 20.5 Å². The van der Waals surface area contributed by atoms with Crippen LogP contribution in [0.2, 0.25) is 0 Å². The predicted octanol–water partition coefficient (Wildman–Crippen LogP) is 3.22. The summed E-state index contributed by atoms with van der Waals surface area (Å²) < 4.78 is 9.75. The maximum atomic E-state index is 12.2. The number of aryl methyl sites for hydroxylation is 4. The number of pyridine rings is 1. The third kappa shape index (κ3) is 5.61. The van der Waals surface area contributed by atoms with E-state index in [2.05, 4.69) is 56.7 Å². The fraction of sp³-hybridized carbons (Fsp3) is 0.250. The highest BCUT2D eigenvalue weighted by molar-refractivity contribution is 6.00. The number of esters is 1. The number of rotatable bonds is 9. The molecule has 0 spiro atoms. The number of methoxy groups -OCH3 is 1. The number of carbonyl (C=O) groups is 2. The maximum Gasteiger partial charge on any atom is 0.343 e. The molecule has 0 aliphatic rings. The first-order valence-corrected chi connectivity index (χ1v) is 14.0. The second-order valence-electron chi connectivity index (χ2n) is 10.3. The van der Waals surface area contributed by atoms with Gasteiger partial charge in [-0.25, -0.2) is 28.7 Å². The monoisotopic (exact) mass is 665 g/mol. The predicted molar refractivity (Wildman–Crippen MR) is 170 cm³/mol. The highest BCUT2D eigenvalue weighted by Gasteiger charge is 2.27. The number of anilines is 2. The van der Waals surface area contributed by atoms with Crippen LogP contribution in [0.5, 0.6) is 0 Å². The fourth-order valence-electron chi connectivity index (χ4n) is 4.71. The SMILES string of the molecule is [C-]#[N+]c1c(-n2nc(C)c(N=Nc3c(C(=O)CO)cnn3C)c2N)nc(-n2nc(C)c(N=Nc3c(C(=O)OC)cnn3C)c2N)c(C#N)c1C. The molecule has 0 fully saturated rings. The highest BCUT2D eigenvalue weighted by atomic mass is 16.5. The van der Waals surface area contributed by atoms with Crippen LogP contribution in [0.3, 0.4) is 0 Å². The molecule has 0 saturated heterocycles. The van der Waals surface area contributed by atoms with Crippen molar-refractivity contribution >= 4 is 52.1 Å². The second kappa shape index (κ2) is 12.9. The Morgan fingerprint density at radius 1 is 0.939 bits per heavy atom. The Kier molecular flexibility index (Phi) is 8.77. The summed E-state index contributed by atoms with van der Waals surface area (Å²) >= 11 is 0. The van der Waals surface area contributed by atoms with Gasteiger partial charge in [0.15, 0.2) is 52.1 Å². The molecule has 0 atom stereocenters. The number of aromatic nitrogens is 9. The number of hydrogen-bond donors (Lipinski definition) is 3. The normalized spacial score (nSPS) is 11.4. The van der Waals surface area contributed by atoms with E-state index in [1.54, 1.807) is 34.9 Å². The standard InChI is InChI=1S/C28H27N17O4/c1-12-15(8-29)24(44-22(30)20(13(2)40-44)37-39-26-17(28(48)49-7)10-34-43(26)6)35-27(19(12)32-4)45-23(31)21(14(3)41-45)36-38-25-16(18(47)11-46)9-33-42(25)5/h9-10,46H,11,30-31H2,1-3,5-7H3. The van der Waals surface area contributed by atoms with Crippen LogP contribution < -0.4 is 11.5 Å². The van der Waals surface area contributed by atoms with Crippen LogP contribution in [0.15, 0.2) is 32.9 Å². The van der Waals surface area contributed by atoms with E-state index >= 15 is 0 Å². The number of nitrogens with two attached hydrogens (primary N) is 2. The summed E-state index contributed by atoms with van der Waals surface area (Å²) in [5.74, 6) is -1.33. The molecule has 0 aliphatic carbocycles.